The van der Waals surface area contributed by atoms with Gasteiger partial charge in [-0.05, 0) is 17.9 Å². The first-order valence-corrected chi connectivity index (χ1v) is 6.29. The van der Waals surface area contributed by atoms with Crippen LogP contribution in [-0.2, 0) is 16.1 Å². The van der Waals surface area contributed by atoms with Crippen molar-refractivity contribution in [2.75, 3.05) is 6.67 Å². The summed E-state index contributed by atoms with van der Waals surface area (Å²) in [5.74, 6) is -1.65. The molecule has 0 aromatic heterocycles. The number of alkyl halides is 1. The lowest BCUT2D eigenvalue weighted by Crippen LogP contribution is -2.42. The van der Waals surface area contributed by atoms with E-state index in [2.05, 4.69) is 5.32 Å². The fraction of sp³-hybridized carbons (Fsp3) is 0.429. The van der Waals surface area contributed by atoms with E-state index in [1.54, 1.807) is 31.2 Å². The van der Waals surface area contributed by atoms with Crippen molar-refractivity contribution in [1.29, 1.82) is 0 Å². The van der Waals surface area contributed by atoms with Crippen LogP contribution in [0.5, 0.6) is 0 Å². The number of carbonyl (C=O) groups excluding carboxylic acids is 1. The molecule has 5 nitrogen and oxygen atoms in total. The van der Waals surface area contributed by atoms with Gasteiger partial charge in [-0.15, -0.1) is 0 Å². The lowest BCUT2D eigenvalue weighted by atomic mass is 10.0. The Morgan fingerprint density at radius 3 is 2.55 bits per heavy atom. The maximum atomic E-state index is 12.4. The molecule has 20 heavy (non-hydrogen) atoms. The number of hydrogen-bond acceptors (Lipinski definition) is 3. The van der Waals surface area contributed by atoms with Crippen LogP contribution in [0.2, 0.25) is 0 Å². The number of hydrogen-bond donors (Lipinski definition) is 2. The van der Waals surface area contributed by atoms with Gasteiger partial charge in [0.15, 0.2) is 0 Å². The molecule has 0 aliphatic heterocycles. The van der Waals surface area contributed by atoms with Gasteiger partial charge in [0.25, 0.3) is 0 Å². The number of carboxylic acid groups (broad SMARTS) is 1. The first-order chi connectivity index (χ1) is 9.52. The molecule has 1 rings (SSSR count). The van der Waals surface area contributed by atoms with Crippen molar-refractivity contribution in [3.8, 4) is 0 Å². The van der Waals surface area contributed by atoms with Gasteiger partial charge < -0.3 is 15.2 Å². The number of aliphatic carboxylic acids is 1. The summed E-state index contributed by atoms with van der Waals surface area (Å²) in [6.45, 7) is 0.995. The Hall–Kier alpha value is -2.11. The molecule has 6 heteroatoms. The smallest absolute Gasteiger partial charge is 0.408 e. The Kier molecular flexibility index (Phi) is 6.49. The third kappa shape index (κ3) is 5.69. The number of carbonyl (C=O) groups is 2. The average molecular weight is 283 g/mol. The molecule has 0 spiro atoms. The molecule has 0 bridgehead atoms. The highest BCUT2D eigenvalue weighted by atomic mass is 19.1. The molecule has 2 atom stereocenters. The Balaban J connectivity index is 2.44. The Labute approximate surface area is 116 Å². The summed E-state index contributed by atoms with van der Waals surface area (Å²) in [4.78, 5) is 22.5. The van der Waals surface area contributed by atoms with E-state index in [1.165, 1.54) is 0 Å². The van der Waals surface area contributed by atoms with Crippen molar-refractivity contribution in [2.24, 2.45) is 5.92 Å². The first-order valence-electron chi connectivity index (χ1n) is 6.29. The van der Waals surface area contributed by atoms with E-state index in [0.717, 1.165) is 5.56 Å². The summed E-state index contributed by atoms with van der Waals surface area (Å²) in [6.07, 6.45) is -0.806. The molecule has 110 valence electrons. The van der Waals surface area contributed by atoms with Crippen molar-refractivity contribution in [3.63, 3.8) is 0 Å². The number of amides is 1. The van der Waals surface area contributed by atoms with E-state index in [0.29, 0.717) is 0 Å². The zero-order valence-corrected chi connectivity index (χ0v) is 11.2. The van der Waals surface area contributed by atoms with Crippen molar-refractivity contribution in [2.45, 2.75) is 26.0 Å². The minimum atomic E-state index is -1.21. The lowest BCUT2D eigenvalue weighted by Gasteiger charge is -2.16. The third-order valence-corrected chi connectivity index (χ3v) is 2.70. The van der Waals surface area contributed by atoms with Gasteiger partial charge in [0, 0.05) is 0 Å². The summed E-state index contributed by atoms with van der Waals surface area (Å²) >= 11 is 0. The SMILES string of the molecule is CC(CF)C[C@H](NC(=O)OCc1ccccc1)C(=O)O. The molecule has 1 unspecified atom stereocenters. The normalized spacial score (nSPS) is 13.3. The Bertz CT molecular complexity index is 438. The van der Waals surface area contributed by atoms with E-state index in [1.807, 2.05) is 6.07 Å². The average Bonchev–Trinajstić information content (AvgIpc) is 2.45. The maximum Gasteiger partial charge on any atom is 0.408 e. The highest BCUT2D eigenvalue weighted by Gasteiger charge is 2.23. The molecule has 0 saturated heterocycles. The predicted molar refractivity (Wildman–Crippen MR) is 70.9 cm³/mol. The number of nitrogens with one attached hydrogen (secondary N) is 1. The Morgan fingerprint density at radius 2 is 2.00 bits per heavy atom. The second-order valence-electron chi connectivity index (χ2n) is 4.59. The minimum Gasteiger partial charge on any atom is -0.480 e. The van der Waals surface area contributed by atoms with Gasteiger partial charge in [0.1, 0.15) is 12.6 Å². The second-order valence-corrected chi connectivity index (χ2v) is 4.59. The quantitative estimate of drug-likeness (QED) is 0.805. The fourth-order valence-corrected chi connectivity index (χ4v) is 1.59. The van der Waals surface area contributed by atoms with Crippen molar-refractivity contribution in [1.82, 2.24) is 5.32 Å². The van der Waals surface area contributed by atoms with Crippen molar-refractivity contribution < 1.29 is 23.8 Å². The maximum absolute atomic E-state index is 12.4. The lowest BCUT2D eigenvalue weighted by molar-refractivity contribution is -0.139. The topological polar surface area (TPSA) is 75.6 Å². The number of alkyl carbamates (subject to hydrolysis) is 1. The number of carboxylic acids is 1. The van der Waals surface area contributed by atoms with Crippen LogP contribution >= 0.6 is 0 Å². The van der Waals surface area contributed by atoms with Gasteiger partial charge in [0.05, 0.1) is 6.67 Å². The van der Waals surface area contributed by atoms with Crippen LogP contribution in [0, 0.1) is 5.92 Å². The second kappa shape index (κ2) is 8.14. The molecule has 0 heterocycles. The summed E-state index contributed by atoms with van der Waals surface area (Å²) in [6, 6.07) is 7.87. The molecule has 2 N–H and O–H groups in total. The predicted octanol–water partition coefficient (Wildman–Crippen LogP) is 2.36. The van der Waals surface area contributed by atoms with Gasteiger partial charge in [-0.1, -0.05) is 37.3 Å². The number of benzene rings is 1. The standard InChI is InChI=1S/C14H18FNO4/c1-10(8-15)7-12(13(17)18)16-14(19)20-9-11-5-3-2-4-6-11/h2-6,10,12H,7-9H2,1H3,(H,16,19)(H,17,18)/t10?,12-/m0/s1. The summed E-state index contributed by atoms with van der Waals surface area (Å²) in [5, 5.41) is 11.2. The van der Waals surface area contributed by atoms with Crippen LogP contribution in [0.4, 0.5) is 9.18 Å². The van der Waals surface area contributed by atoms with Crippen LogP contribution < -0.4 is 5.32 Å². The van der Waals surface area contributed by atoms with E-state index < -0.39 is 30.7 Å². The van der Waals surface area contributed by atoms with E-state index >= 15 is 0 Å². The number of rotatable bonds is 7. The van der Waals surface area contributed by atoms with Gasteiger partial charge >= 0.3 is 12.1 Å². The molecule has 1 amide bonds. The van der Waals surface area contributed by atoms with Gasteiger partial charge in [-0.2, -0.15) is 0 Å². The van der Waals surface area contributed by atoms with E-state index in [-0.39, 0.29) is 13.0 Å². The summed E-state index contributed by atoms with van der Waals surface area (Å²) in [5.41, 5.74) is 0.798. The highest BCUT2D eigenvalue weighted by Crippen LogP contribution is 2.08. The molecule has 0 aliphatic rings. The van der Waals surface area contributed by atoms with Crippen LogP contribution in [0.3, 0.4) is 0 Å². The molecular formula is C14H18FNO4. The first kappa shape index (κ1) is 15.9. The molecule has 0 aliphatic carbocycles. The van der Waals surface area contributed by atoms with Crippen LogP contribution in [0.25, 0.3) is 0 Å². The van der Waals surface area contributed by atoms with E-state index in [4.69, 9.17) is 9.84 Å². The summed E-state index contributed by atoms with van der Waals surface area (Å²) < 4.78 is 17.3. The van der Waals surface area contributed by atoms with Gasteiger partial charge in [0.2, 0.25) is 0 Å². The largest absolute Gasteiger partial charge is 0.480 e. The monoisotopic (exact) mass is 283 g/mol. The molecule has 0 fully saturated rings. The van der Waals surface area contributed by atoms with Gasteiger partial charge in [-0.25, -0.2) is 9.59 Å². The zero-order valence-electron chi connectivity index (χ0n) is 11.2. The minimum absolute atomic E-state index is 0.0201. The molecule has 0 saturated carbocycles. The molecule has 0 radical (unpaired) electrons. The fourth-order valence-electron chi connectivity index (χ4n) is 1.59. The van der Waals surface area contributed by atoms with E-state index in [9.17, 15) is 14.0 Å². The van der Waals surface area contributed by atoms with Gasteiger partial charge in [-0.3, -0.25) is 4.39 Å². The molecular weight excluding hydrogens is 265 g/mol. The highest BCUT2D eigenvalue weighted by molar-refractivity contribution is 5.79. The Morgan fingerprint density at radius 1 is 1.35 bits per heavy atom. The van der Waals surface area contributed by atoms with Crippen LogP contribution in [0.15, 0.2) is 30.3 Å². The number of halogens is 1. The molecule has 1 aromatic carbocycles. The zero-order chi connectivity index (χ0) is 15.0. The molecule has 1 aromatic rings. The van der Waals surface area contributed by atoms with Crippen molar-refractivity contribution >= 4 is 12.1 Å². The number of ether oxygens (including phenoxy) is 1. The third-order valence-electron chi connectivity index (χ3n) is 2.70. The van der Waals surface area contributed by atoms with Crippen LogP contribution in [0.1, 0.15) is 18.9 Å². The van der Waals surface area contributed by atoms with Crippen LogP contribution in [-0.4, -0.2) is 29.9 Å². The van der Waals surface area contributed by atoms with Crippen molar-refractivity contribution in [3.05, 3.63) is 35.9 Å². The summed E-state index contributed by atoms with van der Waals surface area (Å²) in [7, 11) is 0.